The van der Waals surface area contributed by atoms with Crippen molar-refractivity contribution in [2.45, 2.75) is 6.54 Å². The van der Waals surface area contributed by atoms with Gasteiger partial charge in [-0.15, -0.1) is 0 Å². The molecule has 3 aromatic rings. The zero-order valence-corrected chi connectivity index (χ0v) is 13.3. The van der Waals surface area contributed by atoms with E-state index < -0.39 is 0 Å². The van der Waals surface area contributed by atoms with Crippen LogP contribution < -0.4 is 10.6 Å². The van der Waals surface area contributed by atoms with Crippen molar-refractivity contribution >= 4 is 17.3 Å². The second kappa shape index (κ2) is 7.70. The van der Waals surface area contributed by atoms with Gasteiger partial charge < -0.3 is 10.6 Å². The minimum atomic E-state index is -0.308. The number of aromatic nitrogens is 2. The first-order valence-electron chi connectivity index (χ1n) is 7.65. The van der Waals surface area contributed by atoms with E-state index in [1.807, 2.05) is 18.2 Å². The second-order valence-electron chi connectivity index (χ2n) is 5.28. The fourth-order valence-electron chi connectivity index (χ4n) is 2.19. The molecule has 2 heterocycles. The fraction of sp³-hybridized carbons (Fsp3) is 0.0526. The number of pyridine rings is 2. The SMILES string of the molecule is N#Cc1ccc(NC(=O)c2cc(NCc3ccncc3)ccn2)cc1. The summed E-state index contributed by atoms with van der Waals surface area (Å²) in [6.45, 7) is 0.628. The Balaban J connectivity index is 1.65. The van der Waals surface area contributed by atoms with Crippen LogP contribution in [-0.4, -0.2) is 15.9 Å². The van der Waals surface area contributed by atoms with Gasteiger partial charge in [-0.3, -0.25) is 14.8 Å². The number of carbonyl (C=O) groups excluding carboxylic acids is 1. The van der Waals surface area contributed by atoms with Crippen LogP contribution in [0.2, 0.25) is 0 Å². The Kier molecular flexibility index (Phi) is 4.98. The first-order valence-corrected chi connectivity index (χ1v) is 7.65. The number of nitriles is 1. The highest BCUT2D eigenvalue weighted by Crippen LogP contribution is 2.13. The van der Waals surface area contributed by atoms with E-state index >= 15 is 0 Å². The van der Waals surface area contributed by atoms with Gasteiger partial charge in [-0.1, -0.05) is 0 Å². The van der Waals surface area contributed by atoms with Crippen molar-refractivity contribution in [3.63, 3.8) is 0 Å². The van der Waals surface area contributed by atoms with Crippen molar-refractivity contribution < 1.29 is 4.79 Å². The number of nitrogens with one attached hydrogen (secondary N) is 2. The highest BCUT2D eigenvalue weighted by molar-refractivity contribution is 6.03. The number of benzene rings is 1. The summed E-state index contributed by atoms with van der Waals surface area (Å²) in [5.74, 6) is -0.308. The Bertz CT molecular complexity index is 901. The smallest absolute Gasteiger partial charge is 0.274 e. The maximum atomic E-state index is 12.3. The summed E-state index contributed by atoms with van der Waals surface area (Å²) in [6, 6.07) is 16.0. The summed E-state index contributed by atoms with van der Waals surface area (Å²) in [5, 5.41) is 14.8. The predicted octanol–water partition coefficient (Wildman–Crippen LogP) is 3.21. The zero-order chi connectivity index (χ0) is 17.5. The molecule has 0 aliphatic heterocycles. The minimum Gasteiger partial charge on any atom is -0.381 e. The maximum Gasteiger partial charge on any atom is 0.274 e. The molecule has 0 radical (unpaired) electrons. The lowest BCUT2D eigenvalue weighted by atomic mass is 10.2. The van der Waals surface area contributed by atoms with Gasteiger partial charge in [0.05, 0.1) is 11.6 Å². The number of hydrogen-bond donors (Lipinski definition) is 2. The topological polar surface area (TPSA) is 90.7 Å². The lowest BCUT2D eigenvalue weighted by Crippen LogP contribution is -2.14. The normalized spacial score (nSPS) is 9.88. The minimum absolute atomic E-state index is 0.308. The first kappa shape index (κ1) is 16.1. The Hall–Kier alpha value is -3.72. The lowest BCUT2D eigenvalue weighted by Gasteiger charge is -2.08. The summed E-state index contributed by atoms with van der Waals surface area (Å²) in [5.41, 5.74) is 3.36. The van der Waals surface area contributed by atoms with Crippen LogP contribution in [0.15, 0.2) is 67.1 Å². The highest BCUT2D eigenvalue weighted by atomic mass is 16.1. The number of carbonyl (C=O) groups is 1. The van der Waals surface area contributed by atoms with Gasteiger partial charge in [0.2, 0.25) is 0 Å². The molecule has 0 spiro atoms. The summed E-state index contributed by atoms with van der Waals surface area (Å²) < 4.78 is 0. The van der Waals surface area contributed by atoms with Crippen LogP contribution in [-0.2, 0) is 6.54 Å². The molecule has 0 saturated heterocycles. The molecule has 2 N–H and O–H groups in total. The van der Waals surface area contributed by atoms with Crippen molar-refractivity contribution in [2.75, 3.05) is 10.6 Å². The van der Waals surface area contributed by atoms with Gasteiger partial charge >= 0.3 is 0 Å². The van der Waals surface area contributed by atoms with Crippen molar-refractivity contribution in [1.82, 2.24) is 9.97 Å². The van der Waals surface area contributed by atoms with Crippen molar-refractivity contribution in [3.05, 3.63) is 83.9 Å². The number of hydrogen-bond acceptors (Lipinski definition) is 5. The van der Waals surface area contributed by atoms with Crippen molar-refractivity contribution in [3.8, 4) is 6.07 Å². The van der Waals surface area contributed by atoms with E-state index in [4.69, 9.17) is 5.26 Å². The summed E-state index contributed by atoms with van der Waals surface area (Å²) in [6.07, 6.45) is 5.06. The quantitative estimate of drug-likeness (QED) is 0.750. The molecular formula is C19H15N5O. The highest BCUT2D eigenvalue weighted by Gasteiger charge is 2.08. The first-order chi connectivity index (χ1) is 12.2. The maximum absolute atomic E-state index is 12.3. The van der Waals surface area contributed by atoms with Gasteiger partial charge in [0.25, 0.3) is 5.91 Å². The van der Waals surface area contributed by atoms with Gasteiger partial charge in [-0.25, -0.2) is 0 Å². The van der Waals surface area contributed by atoms with Gasteiger partial charge in [0.1, 0.15) is 5.69 Å². The lowest BCUT2D eigenvalue weighted by molar-refractivity contribution is 0.102. The average molecular weight is 329 g/mol. The standard InChI is InChI=1S/C19H15N5O/c20-12-14-1-3-16(4-2-14)24-19(25)18-11-17(7-10-22-18)23-13-15-5-8-21-9-6-15/h1-11H,13H2,(H,22,23)(H,24,25). The molecule has 1 amide bonds. The molecule has 0 aliphatic carbocycles. The molecule has 122 valence electrons. The number of nitrogens with zero attached hydrogens (tertiary/aromatic N) is 3. The molecule has 25 heavy (non-hydrogen) atoms. The Morgan fingerprint density at radius 2 is 1.76 bits per heavy atom. The monoisotopic (exact) mass is 329 g/mol. The van der Waals surface area contributed by atoms with Gasteiger partial charge in [-0.05, 0) is 54.1 Å². The molecular weight excluding hydrogens is 314 g/mol. The molecule has 6 nitrogen and oxygen atoms in total. The van der Waals surface area contributed by atoms with Crippen LogP contribution in [0.3, 0.4) is 0 Å². The van der Waals surface area contributed by atoms with E-state index in [0.29, 0.717) is 23.5 Å². The third-order valence-corrected chi connectivity index (χ3v) is 3.51. The molecule has 0 aliphatic rings. The Labute approximate surface area is 145 Å². The van der Waals surface area contributed by atoms with E-state index in [-0.39, 0.29) is 5.91 Å². The third kappa shape index (κ3) is 4.39. The Morgan fingerprint density at radius 1 is 1.00 bits per heavy atom. The summed E-state index contributed by atoms with van der Waals surface area (Å²) >= 11 is 0. The van der Waals surface area contributed by atoms with Crippen LogP contribution in [0.25, 0.3) is 0 Å². The van der Waals surface area contributed by atoms with Crippen LogP contribution in [0.4, 0.5) is 11.4 Å². The molecule has 0 fully saturated rings. The summed E-state index contributed by atoms with van der Waals surface area (Å²) in [4.78, 5) is 20.4. The largest absolute Gasteiger partial charge is 0.381 e. The van der Waals surface area contributed by atoms with Crippen LogP contribution in [0.5, 0.6) is 0 Å². The van der Waals surface area contributed by atoms with E-state index in [2.05, 4.69) is 20.6 Å². The molecule has 2 aromatic heterocycles. The molecule has 0 bridgehead atoms. The average Bonchev–Trinajstić information content (AvgIpc) is 2.68. The van der Waals surface area contributed by atoms with E-state index in [1.165, 1.54) is 0 Å². The molecule has 6 heteroatoms. The molecule has 0 atom stereocenters. The number of amides is 1. The fourth-order valence-corrected chi connectivity index (χ4v) is 2.19. The molecule has 0 unspecified atom stereocenters. The van der Waals surface area contributed by atoms with E-state index in [0.717, 1.165) is 11.3 Å². The number of anilines is 2. The Morgan fingerprint density at radius 3 is 2.48 bits per heavy atom. The summed E-state index contributed by atoms with van der Waals surface area (Å²) in [7, 11) is 0. The third-order valence-electron chi connectivity index (χ3n) is 3.51. The van der Waals surface area contributed by atoms with Gasteiger partial charge in [0, 0.05) is 36.5 Å². The van der Waals surface area contributed by atoms with Gasteiger partial charge in [-0.2, -0.15) is 5.26 Å². The van der Waals surface area contributed by atoms with Gasteiger partial charge in [0.15, 0.2) is 0 Å². The van der Waals surface area contributed by atoms with E-state index in [9.17, 15) is 4.79 Å². The van der Waals surface area contributed by atoms with Crippen LogP contribution in [0, 0.1) is 11.3 Å². The second-order valence-corrected chi connectivity index (χ2v) is 5.28. The predicted molar refractivity (Wildman–Crippen MR) is 94.9 cm³/mol. The van der Waals surface area contributed by atoms with Crippen LogP contribution >= 0.6 is 0 Å². The zero-order valence-electron chi connectivity index (χ0n) is 13.3. The molecule has 1 aromatic carbocycles. The molecule has 3 rings (SSSR count). The van der Waals surface area contributed by atoms with Crippen molar-refractivity contribution in [2.24, 2.45) is 0 Å². The number of rotatable bonds is 5. The molecule has 0 saturated carbocycles. The van der Waals surface area contributed by atoms with Crippen molar-refractivity contribution in [1.29, 1.82) is 5.26 Å². The van der Waals surface area contributed by atoms with E-state index in [1.54, 1.807) is 55.0 Å². The van der Waals surface area contributed by atoms with Crippen LogP contribution in [0.1, 0.15) is 21.6 Å².